The zero-order valence-corrected chi connectivity index (χ0v) is 16.2. The Morgan fingerprint density at radius 1 is 0.815 bits per heavy atom. The van der Waals surface area contributed by atoms with E-state index in [-0.39, 0.29) is 6.17 Å². The molecule has 2 heterocycles. The first-order valence-electron chi connectivity index (χ1n) is 9.76. The lowest BCUT2D eigenvalue weighted by Crippen LogP contribution is -2.44. The molecule has 138 valence electrons. The van der Waals surface area contributed by atoms with Crippen LogP contribution in [-0.4, -0.2) is 16.1 Å². The second kappa shape index (κ2) is 7.39. The van der Waals surface area contributed by atoms with Crippen LogP contribution in [0.25, 0.3) is 0 Å². The number of aryl methyl sites for hydroxylation is 1. The summed E-state index contributed by atoms with van der Waals surface area (Å²) in [6.45, 7) is 6.72. The molecule has 2 aromatic carbocycles. The highest BCUT2D eigenvalue weighted by molar-refractivity contribution is 5.84. The van der Waals surface area contributed by atoms with Crippen molar-refractivity contribution >= 4 is 23.0 Å². The van der Waals surface area contributed by atoms with Crippen molar-refractivity contribution in [3.05, 3.63) is 72.6 Å². The molecule has 4 rings (SSSR count). The highest BCUT2D eigenvalue weighted by atomic mass is 15.5. The quantitative estimate of drug-likeness (QED) is 0.574. The summed E-state index contributed by atoms with van der Waals surface area (Å²) in [5.74, 6) is 2.36. The molecule has 0 aliphatic carbocycles. The third-order valence-electron chi connectivity index (χ3n) is 5.53. The number of benzene rings is 2. The Hall–Kier alpha value is -2.88. The van der Waals surface area contributed by atoms with Gasteiger partial charge in [-0.15, -0.1) is 0 Å². The van der Waals surface area contributed by atoms with Gasteiger partial charge in [-0.1, -0.05) is 50.2 Å². The number of hydrogen-bond donors (Lipinski definition) is 0. The van der Waals surface area contributed by atoms with Gasteiger partial charge in [0.2, 0.25) is 0 Å². The molecule has 0 saturated carbocycles. The van der Waals surface area contributed by atoms with E-state index in [9.17, 15) is 0 Å². The van der Waals surface area contributed by atoms with Crippen molar-refractivity contribution in [2.24, 2.45) is 5.92 Å². The van der Waals surface area contributed by atoms with Crippen molar-refractivity contribution in [1.82, 2.24) is 9.97 Å². The van der Waals surface area contributed by atoms with Gasteiger partial charge in [-0.05, 0) is 49.4 Å². The lowest BCUT2D eigenvalue weighted by Gasteiger charge is -2.37. The van der Waals surface area contributed by atoms with Crippen LogP contribution in [0, 0.1) is 12.8 Å². The van der Waals surface area contributed by atoms with Crippen LogP contribution in [-0.2, 0) is 0 Å². The van der Waals surface area contributed by atoms with E-state index in [1.54, 1.807) is 12.4 Å². The van der Waals surface area contributed by atoms with Crippen LogP contribution < -0.4 is 9.80 Å². The van der Waals surface area contributed by atoms with Crippen molar-refractivity contribution in [2.75, 3.05) is 9.80 Å². The Labute approximate surface area is 161 Å². The number of para-hydroxylation sites is 2. The summed E-state index contributed by atoms with van der Waals surface area (Å²) in [7, 11) is 0. The fraction of sp³-hybridized carbons (Fsp3) is 0.304. The standard InChI is InChI=1S/C23H26N4/c1-4-18(5-2)23-26(19-12-7-6-8-13-19)21-22(25-16-15-24-21)27(23)20-14-10-9-11-17(20)3/h6-16,18,23H,4-5H2,1-3H3. The number of aromatic nitrogens is 2. The molecule has 4 nitrogen and oxygen atoms in total. The molecule has 0 N–H and O–H groups in total. The smallest absolute Gasteiger partial charge is 0.178 e. The van der Waals surface area contributed by atoms with E-state index in [2.05, 4.69) is 85.2 Å². The van der Waals surface area contributed by atoms with Crippen LogP contribution in [0.1, 0.15) is 32.3 Å². The number of fused-ring (bicyclic) bond motifs is 1. The van der Waals surface area contributed by atoms with Gasteiger partial charge in [0, 0.05) is 23.8 Å². The van der Waals surface area contributed by atoms with Crippen molar-refractivity contribution in [2.45, 2.75) is 39.8 Å². The number of anilines is 4. The summed E-state index contributed by atoms with van der Waals surface area (Å²) in [4.78, 5) is 14.3. The molecule has 1 aliphatic rings. The van der Waals surface area contributed by atoms with Crippen LogP contribution in [0.2, 0.25) is 0 Å². The maximum absolute atomic E-state index is 4.76. The van der Waals surface area contributed by atoms with E-state index >= 15 is 0 Å². The van der Waals surface area contributed by atoms with E-state index in [0.29, 0.717) is 5.92 Å². The first-order valence-corrected chi connectivity index (χ1v) is 9.76. The van der Waals surface area contributed by atoms with Crippen LogP contribution in [0.3, 0.4) is 0 Å². The average Bonchev–Trinajstić information content (AvgIpc) is 3.05. The van der Waals surface area contributed by atoms with E-state index in [4.69, 9.17) is 9.97 Å². The molecule has 1 aliphatic heterocycles. The summed E-state index contributed by atoms with van der Waals surface area (Å²) in [5.41, 5.74) is 3.61. The highest BCUT2D eigenvalue weighted by Gasteiger charge is 2.43. The molecule has 0 radical (unpaired) electrons. The first kappa shape index (κ1) is 17.5. The third-order valence-corrected chi connectivity index (χ3v) is 5.53. The first-order chi connectivity index (χ1) is 13.3. The molecule has 3 aromatic rings. The van der Waals surface area contributed by atoms with Crippen LogP contribution >= 0.6 is 0 Å². The summed E-state index contributed by atoms with van der Waals surface area (Å²) in [6, 6.07) is 19.1. The highest BCUT2D eigenvalue weighted by Crippen LogP contribution is 2.48. The topological polar surface area (TPSA) is 32.3 Å². The zero-order chi connectivity index (χ0) is 18.8. The Bertz CT molecular complexity index is 905. The van der Waals surface area contributed by atoms with E-state index in [0.717, 1.165) is 30.2 Å². The van der Waals surface area contributed by atoms with Gasteiger partial charge >= 0.3 is 0 Å². The second-order valence-corrected chi connectivity index (χ2v) is 7.06. The molecule has 27 heavy (non-hydrogen) atoms. The van der Waals surface area contributed by atoms with Gasteiger partial charge in [0.05, 0.1) is 0 Å². The van der Waals surface area contributed by atoms with Crippen LogP contribution in [0.15, 0.2) is 67.0 Å². The number of nitrogens with zero attached hydrogens (tertiary/aromatic N) is 4. The maximum Gasteiger partial charge on any atom is 0.178 e. The second-order valence-electron chi connectivity index (χ2n) is 7.06. The molecular weight excluding hydrogens is 332 g/mol. The molecule has 1 unspecified atom stereocenters. The summed E-state index contributed by atoms with van der Waals surface area (Å²) in [5, 5.41) is 0. The molecule has 0 fully saturated rings. The largest absolute Gasteiger partial charge is 0.302 e. The lowest BCUT2D eigenvalue weighted by molar-refractivity contribution is 0.403. The van der Waals surface area contributed by atoms with Gasteiger partial charge in [0.15, 0.2) is 11.6 Å². The molecule has 1 atom stereocenters. The van der Waals surface area contributed by atoms with Crippen LogP contribution in [0.5, 0.6) is 0 Å². The molecular formula is C23H26N4. The van der Waals surface area contributed by atoms with Crippen molar-refractivity contribution < 1.29 is 0 Å². The van der Waals surface area contributed by atoms with Crippen molar-refractivity contribution in [3.63, 3.8) is 0 Å². The molecule has 0 amide bonds. The van der Waals surface area contributed by atoms with Gasteiger partial charge in [0.1, 0.15) is 6.17 Å². The monoisotopic (exact) mass is 358 g/mol. The molecule has 4 heteroatoms. The van der Waals surface area contributed by atoms with Gasteiger partial charge in [-0.25, -0.2) is 9.97 Å². The van der Waals surface area contributed by atoms with E-state index in [1.165, 1.54) is 11.3 Å². The van der Waals surface area contributed by atoms with Crippen molar-refractivity contribution in [1.29, 1.82) is 0 Å². The van der Waals surface area contributed by atoms with Gasteiger partial charge < -0.3 is 9.80 Å². The maximum atomic E-state index is 4.76. The molecule has 0 bridgehead atoms. The van der Waals surface area contributed by atoms with Crippen LogP contribution in [0.4, 0.5) is 23.0 Å². The van der Waals surface area contributed by atoms with Gasteiger partial charge in [-0.2, -0.15) is 0 Å². The predicted molar refractivity (Wildman–Crippen MR) is 112 cm³/mol. The summed E-state index contributed by atoms with van der Waals surface area (Å²) in [6.07, 6.45) is 5.94. The summed E-state index contributed by atoms with van der Waals surface area (Å²) >= 11 is 0. The Morgan fingerprint density at radius 2 is 1.41 bits per heavy atom. The van der Waals surface area contributed by atoms with Gasteiger partial charge in [0.25, 0.3) is 0 Å². The van der Waals surface area contributed by atoms with E-state index < -0.39 is 0 Å². The Kier molecular flexibility index (Phi) is 4.80. The lowest BCUT2D eigenvalue weighted by atomic mass is 9.97. The number of rotatable bonds is 5. The SMILES string of the molecule is CCC(CC)C1N(c2ccccc2)c2nccnc2N1c1ccccc1C. The molecule has 0 spiro atoms. The van der Waals surface area contributed by atoms with Crippen molar-refractivity contribution in [3.8, 4) is 0 Å². The third kappa shape index (κ3) is 2.95. The minimum Gasteiger partial charge on any atom is -0.302 e. The minimum atomic E-state index is 0.154. The Morgan fingerprint density at radius 3 is 2.04 bits per heavy atom. The molecule has 1 aromatic heterocycles. The fourth-order valence-corrected chi connectivity index (χ4v) is 4.12. The minimum absolute atomic E-state index is 0.154. The normalized spacial score (nSPS) is 16.1. The molecule has 0 saturated heterocycles. The van der Waals surface area contributed by atoms with Gasteiger partial charge in [-0.3, -0.25) is 0 Å². The predicted octanol–water partition coefficient (Wildman–Crippen LogP) is 5.84. The average molecular weight is 358 g/mol. The zero-order valence-electron chi connectivity index (χ0n) is 16.2. The number of hydrogen-bond acceptors (Lipinski definition) is 4. The fourth-order valence-electron chi connectivity index (χ4n) is 4.12. The van der Waals surface area contributed by atoms with E-state index in [1.807, 2.05) is 0 Å². The Balaban J connectivity index is 1.95. The summed E-state index contributed by atoms with van der Waals surface area (Å²) < 4.78 is 0.